The number of hydrogen-bond acceptors (Lipinski definition) is 4. The minimum atomic E-state index is -0.517. The number of hydrogen-bond donors (Lipinski definition) is 2. The summed E-state index contributed by atoms with van der Waals surface area (Å²) in [4.78, 5) is 19.6. The molecule has 92 valence electrons. The van der Waals surface area contributed by atoms with E-state index in [2.05, 4.69) is 31.2 Å². The highest BCUT2D eigenvalue weighted by Gasteiger charge is 2.14. The zero-order chi connectivity index (χ0) is 13.1. The Morgan fingerprint density at radius 2 is 2.06 bits per heavy atom. The van der Waals surface area contributed by atoms with Gasteiger partial charge in [-0.3, -0.25) is 4.79 Å². The molecular weight excluding hydrogens is 321 g/mol. The second kappa shape index (κ2) is 5.32. The molecule has 2 rings (SSSR count). The van der Waals surface area contributed by atoms with E-state index in [1.54, 1.807) is 6.07 Å². The molecule has 1 aromatic heterocycles. The normalized spacial score (nSPS) is 10.1. The zero-order valence-corrected chi connectivity index (χ0v) is 11.2. The lowest BCUT2D eigenvalue weighted by Crippen LogP contribution is -2.13. The van der Waals surface area contributed by atoms with E-state index >= 15 is 0 Å². The number of aromatic nitrogens is 2. The number of nitrogens with one attached hydrogen (secondary N) is 1. The van der Waals surface area contributed by atoms with E-state index in [4.69, 9.17) is 11.6 Å². The Bertz CT molecular complexity index is 607. The van der Waals surface area contributed by atoms with Crippen molar-refractivity contribution in [2.24, 2.45) is 0 Å². The highest BCUT2D eigenvalue weighted by Crippen LogP contribution is 2.23. The maximum absolute atomic E-state index is 11.9. The molecule has 0 aliphatic heterocycles. The molecule has 0 atom stereocenters. The van der Waals surface area contributed by atoms with Gasteiger partial charge >= 0.3 is 0 Å². The van der Waals surface area contributed by atoms with Crippen LogP contribution in [0.25, 0.3) is 0 Å². The third-order valence-electron chi connectivity index (χ3n) is 2.09. The lowest BCUT2D eigenvalue weighted by molar-refractivity contribution is 0.102. The van der Waals surface area contributed by atoms with Crippen LogP contribution in [0.2, 0.25) is 5.15 Å². The van der Waals surface area contributed by atoms with Crippen LogP contribution < -0.4 is 5.32 Å². The SMILES string of the molecule is O=C(Nc1nccnc1Cl)c1cc(Br)ccc1O. The second-order valence-electron chi connectivity index (χ2n) is 3.31. The summed E-state index contributed by atoms with van der Waals surface area (Å²) in [5.41, 5.74) is 0.117. The maximum Gasteiger partial charge on any atom is 0.260 e. The van der Waals surface area contributed by atoms with Gasteiger partial charge in [0.05, 0.1) is 5.56 Å². The molecular formula is C11H7BrClN3O2. The summed E-state index contributed by atoms with van der Waals surface area (Å²) in [5, 5.41) is 12.2. The average Bonchev–Trinajstić information content (AvgIpc) is 2.35. The number of nitrogens with zero attached hydrogens (tertiary/aromatic N) is 2. The predicted octanol–water partition coefficient (Wildman–Crippen LogP) is 2.85. The fourth-order valence-corrected chi connectivity index (χ4v) is 1.78. The molecule has 1 heterocycles. The Morgan fingerprint density at radius 1 is 1.33 bits per heavy atom. The van der Waals surface area contributed by atoms with E-state index in [9.17, 15) is 9.90 Å². The summed E-state index contributed by atoms with van der Waals surface area (Å²) in [6.45, 7) is 0. The van der Waals surface area contributed by atoms with Crippen molar-refractivity contribution < 1.29 is 9.90 Å². The zero-order valence-electron chi connectivity index (χ0n) is 8.89. The number of amides is 1. The van der Waals surface area contributed by atoms with Gasteiger partial charge in [0.1, 0.15) is 5.75 Å². The smallest absolute Gasteiger partial charge is 0.260 e. The molecule has 1 amide bonds. The maximum atomic E-state index is 11.9. The van der Waals surface area contributed by atoms with Crippen molar-refractivity contribution in [2.45, 2.75) is 0 Å². The molecule has 0 unspecified atom stereocenters. The van der Waals surface area contributed by atoms with E-state index in [1.165, 1.54) is 24.5 Å². The topological polar surface area (TPSA) is 75.1 Å². The molecule has 0 fully saturated rings. The molecule has 2 N–H and O–H groups in total. The molecule has 0 bridgehead atoms. The minimum absolute atomic E-state index is 0.0836. The highest BCUT2D eigenvalue weighted by molar-refractivity contribution is 9.10. The van der Waals surface area contributed by atoms with E-state index in [-0.39, 0.29) is 22.3 Å². The van der Waals surface area contributed by atoms with Gasteiger partial charge in [-0.25, -0.2) is 9.97 Å². The van der Waals surface area contributed by atoms with Crippen LogP contribution in [0, 0.1) is 0 Å². The quantitative estimate of drug-likeness (QED) is 0.889. The standard InChI is InChI=1S/C11H7BrClN3O2/c12-6-1-2-8(17)7(5-6)11(18)16-10-9(13)14-3-4-15-10/h1-5,17H,(H,15,16,18). The molecule has 0 aliphatic rings. The molecule has 18 heavy (non-hydrogen) atoms. The van der Waals surface area contributed by atoms with E-state index in [0.29, 0.717) is 4.47 Å². The first-order chi connectivity index (χ1) is 8.58. The Labute approximate surface area is 116 Å². The van der Waals surface area contributed by atoms with E-state index in [1.807, 2.05) is 0 Å². The Kier molecular flexibility index (Phi) is 3.78. The monoisotopic (exact) mass is 327 g/mol. The van der Waals surface area contributed by atoms with Gasteiger partial charge in [0.15, 0.2) is 11.0 Å². The number of carbonyl (C=O) groups is 1. The van der Waals surface area contributed by atoms with Crippen LogP contribution in [-0.2, 0) is 0 Å². The van der Waals surface area contributed by atoms with Gasteiger partial charge in [-0.2, -0.15) is 0 Å². The first-order valence-electron chi connectivity index (χ1n) is 4.84. The first-order valence-corrected chi connectivity index (χ1v) is 6.01. The number of phenols is 1. The fraction of sp³-hybridized carbons (Fsp3) is 0. The first kappa shape index (κ1) is 12.8. The van der Waals surface area contributed by atoms with Crippen LogP contribution in [0.3, 0.4) is 0 Å². The number of anilines is 1. The van der Waals surface area contributed by atoms with Gasteiger partial charge in [0.2, 0.25) is 0 Å². The van der Waals surface area contributed by atoms with Crippen LogP contribution >= 0.6 is 27.5 Å². The van der Waals surface area contributed by atoms with Gasteiger partial charge in [-0.05, 0) is 18.2 Å². The average molecular weight is 329 g/mol. The summed E-state index contributed by atoms with van der Waals surface area (Å²) >= 11 is 8.99. The van der Waals surface area contributed by atoms with Gasteiger partial charge in [0.25, 0.3) is 5.91 Å². The molecule has 0 radical (unpaired) electrons. The van der Waals surface area contributed by atoms with Gasteiger partial charge in [-0.15, -0.1) is 0 Å². The van der Waals surface area contributed by atoms with Crippen LogP contribution in [0.15, 0.2) is 35.1 Å². The number of carbonyl (C=O) groups excluding carboxylic acids is 1. The fourth-order valence-electron chi connectivity index (χ4n) is 1.27. The molecule has 0 saturated heterocycles. The molecule has 7 heteroatoms. The van der Waals surface area contributed by atoms with Crippen molar-refractivity contribution in [1.82, 2.24) is 9.97 Å². The van der Waals surface area contributed by atoms with Crippen molar-refractivity contribution in [3.8, 4) is 5.75 Å². The Morgan fingerprint density at radius 3 is 2.78 bits per heavy atom. The Balaban J connectivity index is 2.28. The number of phenolic OH excluding ortho intramolecular Hbond substituents is 1. The number of rotatable bonds is 2. The third kappa shape index (κ3) is 2.77. The lowest BCUT2D eigenvalue weighted by atomic mass is 10.2. The minimum Gasteiger partial charge on any atom is -0.507 e. The summed E-state index contributed by atoms with van der Waals surface area (Å²) in [7, 11) is 0. The molecule has 0 saturated carbocycles. The van der Waals surface area contributed by atoms with E-state index in [0.717, 1.165) is 0 Å². The van der Waals surface area contributed by atoms with Crippen LogP contribution in [0.5, 0.6) is 5.75 Å². The van der Waals surface area contributed by atoms with Crippen molar-refractivity contribution in [1.29, 1.82) is 0 Å². The number of benzene rings is 1. The second-order valence-corrected chi connectivity index (χ2v) is 4.59. The molecule has 2 aromatic rings. The number of aromatic hydroxyl groups is 1. The van der Waals surface area contributed by atoms with Crippen molar-refractivity contribution >= 4 is 39.3 Å². The summed E-state index contributed by atoms with van der Waals surface area (Å²) in [6.07, 6.45) is 2.82. The van der Waals surface area contributed by atoms with Gasteiger partial charge in [0, 0.05) is 16.9 Å². The summed E-state index contributed by atoms with van der Waals surface area (Å²) < 4.78 is 0.677. The van der Waals surface area contributed by atoms with Gasteiger partial charge in [-0.1, -0.05) is 27.5 Å². The van der Waals surface area contributed by atoms with Crippen molar-refractivity contribution in [3.63, 3.8) is 0 Å². The highest BCUT2D eigenvalue weighted by atomic mass is 79.9. The molecule has 5 nitrogen and oxygen atoms in total. The predicted molar refractivity (Wildman–Crippen MR) is 70.8 cm³/mol. The number of halogens is 2. The molecule has 1 aromatic carbocycles. The van der Waals surface area contributed by atoms with Crippen molar-refractivity contribution in [3.05, 3.63) is 45.8 Å². The summed E-state index contributed by atoms with van der Waals surface area (Å²) in [5.74, 6) is -0.504. The van der Waals surface area contributed by atoms with Gasteiger partial charge < -0.3 is 10.4 Å². The van der Waals surface area contributed by atoms with Crippen LogP contribution in [0.1, 0.15) is 10.4 Å². The largest absolute Gasteiger partial charge is 0.507 e. The molecule has 0 aliphatic carbocycles. The van der Waals surface area contributed by atoms with Crippen LogP contribution in [0.4, 0.5) is 5.82 Å². The summed E-state index contributed by atoms with van der Waals surface area (Å²) in [6, 6.07) is 4.54. The van der Waals surface area contributed by atoms with Crippen molar-refractivity contribution in [2.75, 3.05) is 5.32 Å². The molecule has 0 spiro atoms. The lowest BCUT2D eigenvalue weighted by Gasteiger charge is -2.07. The third-order valence-corrected chi connectivity index (χ3v) is 2.86. The van der Waals surface area contributed by atoms with E-state index < -0.39 is 5.91 Å². The van der Waals surface area contributed by atoms with Crippen LogP contribution in [-0.4, -0.2) is 21.0 Å². The Hall–Kier alpha value is -1.66.